The lowest BCUT2D eigenvalue weighted by Gasteiger charge is -2.39. The van der Waals surface area contributed by atoms with Gasteiger partial charge >= 0.3 is 0 Å². The van der Waals surface area contributed by atoms with E-state index in [1.165, 1.54) is 6.26 Å². The van der Waals surface area contributed by atoms with Gasteiger partial charge in [0.25, 0.3) is 0 Å². The largest absolute Gasteiger partial charge is 0.369 e. The van der Waals surface area contributed by atoms with Crippen LogP contribution in [0.1, 0.15) is 25.7 Å². The molecule has 0 spiro atoms. The Labute approximate surface area is 149 Å². The van der Waals surface area contributed by atoms with Gasteiger partial charge in [-0.15, -0.1) is 0 Å². The fourth-order valence-corrected chi connectivity index (χ4v) is 5.22. The van der Waals surface area contributed by atoms with Crippen LogP contribution < -0.4 is 15.5 Å². The highest BCUT2D eigenvalue weighted by atomic mass is 32.2. The molecule has 1 atom stereocenters. The van der Waals surface area contributed by atoms with Crippen LogP contribution in [0.3, 0.4) is 0 Å². The summed E-state index contributed by atoms with van der Waals surface area (Å²) in [7, 11) is -3.47. The molecular weight excluding hydrogens is 338 g/mol. The summed E-state index contributed by atoms with van der Waals surface area (Å²) in [6.07, 6.45) is 3.73. The Kier molecular flexibility index (Phi) is 5.34. The predicted octanol–water partition coefficient (Wildman–Crippen LogP) is 0.938. The Morgan fingerprint density at radius 3 is 2.56 bits per heavy atom. The Bertz CT molecular complexity index is 700. The lowest BCUT2D eigenvalue weighted by Crippen LogP contribution is -2.60. The average Bonchev–Trinajstić information content (AvgIpc) is 2.62. The van der Waals surface area contributed by atoms with E-state index in [0.717, 1.165) is 25.1 Å². The van der Waals surface area contributed by atoms with Crippen molar-refractivity contribution in [1.82, 2.24) is 10.6 Å². The number of benzene rings is 1. The SMILES string of the molecule is CS(=O)(=O)C1(C(=O)NC2CCCN(c3ccccc3)C2)CCNCC1. The number of hydrogen-bond acceptors (Lipinski definition) is 5. The zero-order valence-electron chi connectivity index (χ0n) is 14.7. The maximum Gasteiger partial charge on any atom is 0.241 e. The molecule has 0 aliphatic carbocycles. The highest BCUT2D eigenvalue weighted by molar-refractivity contribution is 7.92. The van der Waals surface area contributed by atoms with Crippen LogP contribution in [-0.4, -0.2) is 57.5 Å². The van der Waals surface area contributed by atoms with E-state index in [1.54, 1.807) is 0 Å². The highest BCUT2D eigenvalue weighted by Crippen LogP contribution is 2.29. The number of carbonyl (C=O) groups excluding carboxylic acids is 1. The lowest BCUT2D eigenvalue weighted by molar-refractivity contribution is -0.125. The first-order valence-electron chi connectivity index (χ1n) is 8.94. The van der Waals surface area contributed by atoms with Gasteiger partial charge in [-0.05, 0) is 50.9 Å². The number of anilines is 1. The molecule has 2 saturated heterocycles. The number of nitrogens with zero attached hydrogens (tertiary/aromatic N) is 1. The quantitative estimate of drug-likeness (QED) is 0.830. The van der Waals surface area contributed by atoms with E-state index < -0.39 is 14.6 Å². The minimum atomic E-state index is -3.47. The predicted molar refractivity (Wildman–Crippen MR) is 99.5 cm³/mol. The van der Waals surface area contributed by atoms with Crippen molar-refractivity contribution in [3.05, 3.63) is 30.3 Å². The van der Waals surface area contributed by atoms with Crippen LogP contribution >= 0.6 is 0 Å². The molecule has 1 aromatic carbocycles. The summed E-state index contributed by atoms with van der Waals surface area (Å²) in [6.45, 7) is 2.79. The molecular formula is C18H27N3O3S. The Morgan fingerprint density at radius 1 is 1.24 bits per heavy atom. The minimum Gasteiger partial charge on any atom is -0.369 e. The molecule has 0 radical (unpaired) electrons. The molecule has 25 heavy (non-hydrogen) atoms. The summed E-state index contributed by atoms with van der Waals surface area (Å²) in [6, 6.07) is 10.1. The van der Waals surface area contributed by atoms with Crippen molar-refractivity contribution in [2.75, 3.05) is 37.3 Å². The van der Waals surface area contributed by atoms with Crippen molar-refractivity contribution < 1.29 is 13.2 Å². The first-order chi connectivity index (χ1) is 11.9. The second-order valence-corrected chi connectivity index (χ2v) is 9.44. The molecule has 2 fully saturated rings. The maximum absolute atomic E-state index is 12.9. The molecule has 0 saturated carbocycles. The molecule has 1 amide bonds. The fourth-order valence-electron chi connectivity index (χ4n) is 3.88. The van der Waals surface area contributed by atoms with Crippen molar-refractivity contribution >= 4 is 21.4 Å². The number of para-hydroxylation sites is 1. The van der Waals surface area contributed by atoms with Gasteiger partial charge in [0.05, 0.1) is 0 Å². The molecule has 7 heteroatoms. The van der Waals surface area contributed by atoms with E-state index >= 15 is 0 Å². The zero-order valence-corrected chi connectivity index (χ0v) is 15.5. The molecule has 1 aromatic rings. The minimum absolute atomic E-state index is 0.0185. The third-order valence-corrected chi connectivity index (χ3v) is 7.43. The van der Waals surface area contributed by atoms with Gasteiger partial charge in [0, 0.05) is 31.1 Å². The number of piperidine rings is 2. The highest BCUT2D eigenvalue weighted by Gasteiger charge is 2.49. The normalized spacial score (nSPS) is 23.9. The van der Waals surface area contributed by atoms with E-state index in [4.69, 9.17) is 0 Å². The Morgan fingerprint density at radius 2 is 1.92 bits per heavy atom. The Balaban J connectivity index is 1.71. The van der Waals surface area contributed by atoms with Crippen LogP contribution in [-0.2, 0) is 14.6 Å². The molecule has 1 unspecified atom stereocenters. The topological polar surface area (TPSA) is 78.5 Å². The summed E-state index contributed by atoms with van der Waals surface area (Å²) in [5.74, 6) is -0.323. The number of sulfone groups is 1. The molecule has 0 aromatic heterocycles. The summed E-state index contributed by atoms with van der Waals surface area (Å²) >= 11 is 0. The van der Waals surface area contributed by atoms with Crippen LogP contribution in [0.25, 0.3) is 0 Å². The van der Waals surface area contributed by atoms with Gasteiger partial charge in [0.15, 0.2) is 14.6 Å². The van der Waals surface area contributed by atoms with Crippen molar-refractivity contribution in [2.24, 2.45) is 0 Å². The zero-order chi connectivity index (χ0) is 17.9. The fraction of sp³-hybridized carbons (Fsp3) is 0.611. The first kappa shape index (κ1) is 18.2. The monoisotopic (exact) mass is 365 g/mol. The van der Waals surface area contributed by atoms with Gasteiger partial charge in [-0.3, -0.25) is 4.79 Å². The summed E-state index contributed by atoms with van der Waals surface area (Å²) in [4.78, 5) is 15.2. The van der Waals surface area contributed by atoms with Gasteiger partial charge in [-0.2, -0.15) is 0 Å². The number of carbonyl (C=O) groups is 1. The van der Waals surface area contributed by atoms with Gasteiger partial charge in [-0.25, -0.2) is 8.42 Å². The molecule has 2 aliphatic heterocycles. The third-order valence-electron chi connectivity index (χ3n) is 5.41. The number of nitrogens with one attached hydrogen (secondary N) is 2. The second kappa shape index (κ2) is 7.33. The molecule has 0 bridgehead atoms. The van der Waals surface area contributed by atoms with E-state index in [0.29, 0.717) is 32.5 Å². The first-order valence-corrected chi connectivity index (χ1v) is 10.8. The number of amides is 1. The van der Waals surface area contributed by atoms with Gasteiger partial charge in [0.2, 0.25) is 5.91 Å². The van der Waals surface area contributed by atoms with Crippen LogP contribution in [0.5, 0.6) is 0 Å². The molecule has 138 valence electrons. The van der Waals surface area contributed by atoms with Crippen molar-refractivity contribution in [3.8, 4) is 0 Å². The van der Waals surface area contributed by atoms with Crippen LogP contribution in [0.2, 0.25) is 0 Å². The van der Waals surface area contributed by atoms with E-state index in [1.807, 2.05) is 18.2 Å². The number of rotatable bonds is 4. The molecule has 2 aliphatic rings. The summed E-state index contributed by atoms with van der Waals surface area (Å²) < 4.78 is 23.5. The van der Waals surface area contributed by atoms with E-state index in [2.05, 4.69) is 27.7 Å². The number of hydrogen-bond donors (Lipinski definition) is 2. The van der Waals surface area contributed by atoms with Crippen LogP contribution in [0.15, 0.2) is 30.3 Å². The van der Waals surface area contributed by atoms with Crippen molar-refractivity contribution in [2.45, 2.75) is 36.5 Å². The van der Waals surface area contributed by atoms with Gasteiger partial charge in [0.1, 0.15) is 0 Å². The molecule has 2 N–H and O–H groups in total. The third kappa shape index (κ3) is 3.82. The molecule has 2 heterocycles. The standard InChI is InChI=1S/C18H27N3O3S/c1-25(23,24)18(9-11-19-12-10-18)17(22)20-15-6-5-13-21(14-15)16-7-3-2-4-8-16/h2-4,7-8,15,19H,5-6,9-14H2,1H3,(H,20,22). The van der Waals surface area contributed by atoms with Crippen molar-refractivity contribution in [3.63, 3.8) is 0 Å². The van der Waals surface area contributed by atoms with Crippen LogP contribution in [0, 0.1) is 0 Å². The maximum atomic E-state index is 12.9. The lowest BCUT2D eigenvalue weighted by atomic mass is 9.94. The van der Waals surface area contributed by atoms with Gasteiger partial charge < -0.3 is 15.5 Å². The van der Waals surface area contributed by atoms with E-state index in [-0.39, 0.29) is 11.9 Å². The van der Waals surface area contributed by atoms with Crippen molar-refractivity contribution in [1.29, 1.82) is 0 Å². The second-order valence-electron chi connectivity index (χ2n) is 7.11. The molecule has 6 nitrogen and oxygen atoms in total. The van der Waals surface area contributed by atoms with Gasteiger partial charge in [-0.1, -0.05) is 18.2 Å². The average molecular weight is 365 g/mol. The Hall–Kier alpha value is -1.60. The smallest absolute Gasteiger partial charge is 0.241 e. The summed E-state index contributed by atoms with van der Waals surface area (Å²) in [5.41, 5.74) is 1.14. The van der Waals surface area contributed by atoms with E-state index in [9.17, 15) is 13.2 Å². The summed E-state index contributed by atoms with van der Waals surface area (Å²) in [5, 5.41) is 6.19. The molecule has 3 rings (SSSR count). The van der Waals surface area contributed by atoms with Crippen LogP contribution in [0.4, 0.5) is 5.69 Å².